The fourth-order valence-electron chi connectivity index (χ4n) is 1.84. The maximum atomic E-state index is 12.3. The van der Waals surface area contributed by atoms with Crippen molar-refractivity contribution in [3.63, 3.8) is 0 Å². The highest BCUT2D eigenvalue weighted by molar-refractivity contribution is 5.99. The van der Waals surface area contributed by atoms with Crippen LogP contribution in [0, 0.1) is 0 Å². The Labute approximate surface area is 113 Å². The first kappa shape index (κ1) is 15.0. The molecule has 0 aromatic heterocycles. The molecule has 0 aliphatic heterocycles. The summed E-state index contributed by atoms with van der Waals surface area (Å²) in [6, 6.07) is 6.90. The van der Waals surface area contributed by atoms with Crippen molar-refractivity contribution >= 4 is 11.7 Å². The van der Waals surface area contributed by atoms with Crippen LogP contribution in [0.25, 0.3) is 0 Å². The Hall–Kier alpha value is -2.04. The molecule has 0 aliphatic rings. The van der Waals surface area contributed by atoms with Gasteiger partial charge in [-0.25, -0.2) is 0 Å². The quantitative estimate of drug-likeness (QED) is 0.369. The third-order valence-corrected chi connectivity index (χ3v) is 2.88. The summed E-state index contributed by atoms with van der Waals surface area (Å²) in [6.45, 7) is 6.78. The van der Waals surface area contributed by atoms with E-state index in [4.69, 9.17) is 10.9 Å². The van der Waals surface area contributed by atoms with Crippen LogP contribution in [0.4, 0.5) is 0 Å². The molecule has 19 heavy (non-hydrogen) atoms. The molecule has 0 bridgehead atoms. The minimum Gasteiger partial charge on any atom is -0.409 e. The van der Waals surface area contributed by atoms with Gasteiger partial charge in [0.1, 0.15) is 0 Å². The number of amidine groups is 1. The third kappa shape index (κ3) is 3.71. The Balaban J connectivity index is 2.93. The van der Waals surface area contributed by atoms with Gasteiger partial charge in [0, 0.05) is 23.7 Å². The molecule has 0 radical (unpaired) electrons. The van der Waals surface area contributed by atoms with Gasteiger partial charge in [-0.1, -0.05) is 24.2 Å². The topological polar surface area (TPSA) is 78.9 Å². The van der Waals surface area contributed by atoms with Crippen molar-refractivity contribution in [2.75, 3.05) is 6.54 Å². The second-order valence-corrected chi connectivity index (χ2v) is 4.65. The monoisotopic (exact) mass is 263 g/mol. The summed E-state index contributed by atoms with van der Waals surface area (Å²) >= 11 is 0. The van der Waals surface area contributed by atoms with Crippen LogP contribution in [-0.2, 0) is 0 Å². The first-order valence-corrected chi connectivity index (χ1v) is 6.40. The fraction of sp³-hybridized carbons (Fsp3) is 0.429. The van der Waals surface area contributed by atoms with Gasteiger partial charge in [0.2, 0.25) is 0 Å². The molecule has 1 aromatic carbocycles. The van der Waals surface area contributed by atoms with Gasteiger partial charge < -0.3 is 15.8 Å². The molecule has 0 saturated carbocycles. The number of carbonyl (C=O) groups excluding carboxylic acids is 1. The van der Waals surface area contributed by atoms with Crippen molar-refractivity contribution in [3.05, 3.63) is 35.4 Å². The van der Waals surface area contributed by atoms with Crippen molar-refractivity contribution in [3.8, 4) is 0 Å². The number of hydrogen-bond acceptors (Lipinski definition) is 3. The van der Waals surface area contributed by atoms with Gasteiger partial charge in [0.05, 0.1) is 0 Å². The average molecular weight is 263 g/mol. The molecule has 0 fully saturated rings. The SMILES string of the molecule is CCCN(C(=O)c1ccc(/C(N)=N/O)cc1)C(C)C. The summed E-state index contributed by atoms with van der Waals surface area (Å²) in [5.41, 5.74) is 6.68. The number of oxime groups is 1. The Morgan fingerprint density at radius 1 is 1.32 bits per heavy atom. The normalized spacial score (nSPS) is 11.7. The van der Waals surface area contributed by atoms with Crippen LogP contribution in [0.3, 0.4) is 0 Å². The molecule has 0 atom stereocenters. The van der Waals surface area contributed by atoms with E-state index in [1.54, 1.807) is 24.3 Å². The highest BCUT2D eigenvalue weighted by Crippen LogP contribution is 2.11. The van der Waals surface area contributed by atoms with Gasteiger partial charge in [0.25, 0.3) is 5.91 Å². The largest absolute Gasteiger partial charge is 0.409 e. The lowest BCUT2D eigenvalue weighted by molar-refractivity contribution is 0.0706. The number of nitrogens with two attached hydrogens (primary N) is 1. The Bertz CT molecular complexity index is 452. The Kier molecular flexibility index (Phi) is 5.36. The van der Waals surface area contributed by atoms with Crippen molar-refractivity contribution in [2.24, 2.45) is 10.9 Å². The lowest BCUT2D eigenvalue weighted by Gasteiger charge is -2.26. The molecule has 0 heterocycles. The van der Waals surface area contributed by atoms with Crippen molar-refractivity contribution in [1.29, 1.82) is 0 Å². The summed E-state index contributed by atoms with van der Waals surface area (Å²) < 4.78 is 0. The predicted molar refractivity (Wildman–Crippen MR) is 75.4 cm³/mol. The molecule has 0 unspecified atom stereocenters. The first-order chi connectivity index (χ1) is 9.01. The van der Waals surface area contributed by atoms with Gasteiger partial charge in [0.15, 0.2) is 5.84 Å². The van der Waals surface area contributed by atoms with Crippen LogP contribution in [0.15, 0.2) is 29.4 Å². The van der Waals surface area contributed by atoms with Gasteiger partial charge in [-0.3, -0.25) is 4.79 Å². The minimum absolute atomic E-state index is 0.00269. The number of hydrogen-bond donors (Lipinski definition) is 2. The van der Waals surface area contributed by atoms with E-state index in [2.05, 4.69) is 5.16 Å². The summed E-state index contributed by atoms with van der Waals surface area (Å²) in [5.74, 6) is 0.0381. The first-order valence-electron chi connectivity index (χ1n) is 6.40. The van der Waals surface area contributed by atoms with Crippen LogP contribution in [0.1, 0.15) is 43.1 Å². The lowest BCUT2D eigenvalue weighted by Crippen LogP contribution is -2.37. The van der Waals surface area contributed by atoms with Gasteiger partial charge in [-0.2, -0.15) is 0 Å². The second kappa shape index (κ2) is 6.78. The van der Waals surface area contributed by atoms with Crippen LogP contribution >= 0.6 is 0 Å². The summed E-state index contributed by atoms with van der Waals surface area (Å²) in [6.07, 6.45) is 0.923. The number of amides is 1. The number of carbonyl (C=O) groups is 1. The van der Waals surface area contributed by atoms with E-state index in [0.717, 1.165) is 13.0 Å². The second-order valence-electron chi connectivity index (χ2n) is 4.65. The van der Waals surface area contributed by atoms with E-state index in [-0.39, 0.29) is 17.8 Å². The lowest BCUT2D eigenvalue weighted by atomic mass is 10.1. The fourth-order valence-corrected chi connectivity index (χ4v) is 1.84. The molecular formula is C14H21N3O2. The highest BCUT2D eigenvalue weighted by Gasteiger charge is 2.17. The van der Waals surface area contributed by atoms with E-state index >= 15 is 0 Å². The van der Waals surface area contributed by atoms with Crippen molar-refractivity contribution < 1.29 is 10.0 Å². The standard InChI is InChI=1S/C14H21N3O2/c1-4-9-17(10(2)3)14(18)12-7-5-11(6-8-12)13(15)16-19/h5-8,10,19H,4,9H2,1-3H3,(H2,15,16). The molecule has 0 saturated heterocycles. The summed E-state index contributed by atoms with van der Waals surface area (Å²) in [4.78, 5) is 14.2. The zero-order valence-corrected chi connectivity index (χ0v) is 11.6. The van der Waals surface area contributed by atoms with Crippen LogP contribution in [0.5, 0.6) is 0 Å². The number of benzene rings is 1. The number of nitrogens with zero attached hydrogens (tertiary/aromatic N) is 2. The van der Waals surface area contributed by atoms with Crippen LogP contribution in [0.2, 0.25) is 0 Å². The van der Waals surface area contributed by atoms with E-state index in [9.17, 15) is 4.79 Å². The Morgan fingerprint density at radius 2 is 1.84 bits per heavy atom. The molecule has 5 nitrogen and oxygen atoms in total. The summed E-state index contributed by atoms with van der Waals surface area (Å²) in [7, 11) is 0. The predicted octanol–water partition coefficient (Wildman–Crippen LogP) is 2.04. The molecule has 1 amide bonds. The average Bonchev–Trinajstić information content (AvgIpc) is 2.43. The van der Waals surface area contributed by atoms with Gasteiger partial charge >= 0.3 is 0 Å². The molecule has 3 N–H and O–H groups in total. The van der Waals surface area contributed by atoms with Gasteiger partial charge in [-0.05, 0) is 32.4 Å². The van der Waals surface area contributed by atoms with Crippen LogP contribution in [-0.4, -0.2) is 34.4 Å². The van der Waals surface area contributed by atoms with E-state index in [0.29, 0.717) is 11.1 Å². The van der Waals surface area contributed by atoms with E-state index in [1.165, 1.54) is 0 Å². The third-order valence-electron chi connectivity index (χ3n) is 2.88. The maximum absolute atomic E-state index is 12.3. The van der Waals surface area contributed by atoms with Crippen molar-refractivity contribution in [2.45, 2.75) is 33.2 Å². The number of rotatable bonds is 5. The highest BCUT2D eigenvalue weighted by atomic mass is 16.4. The molecule has 0 spiro atoms. The smallest absolute Gasteiger partial charge is 0.254 e. The molecule has 1 rings (SSSR count). The zero-order valence-electron chi connectivity index (χ0n) is 11.6. The molecule has 1 aromatic rings. The maximum Gasteiger partial charge on any atom is 0.254 e. The molecular weight excluding hydrogens is 242 g/mol. The van der Waals surface area contributed by atoms with Crippen molar-refractivity contribution in [1.82, 2.24) is 4.90 Å². The molecule has 5 heteroatoms. The Morgan fingerprint density at radius 3 is 2.26 bits per heavy atom. The molecule has 104 valence electrons. The van der Waals surface area contributed by atoms with E-state index in [1.807, 2.05) is 25.7 Å². The van der Waals surface area contributed by atoms with Crippen LogP contribution < -0.4 is 5.73 Å². The zero-order chi connectivity index (χ0) is 14.4. The van der Waals surface area contributed by atoms with E-state index < -0.39 is 0 Å². The molecule has 0 aliphatic carbocycles. The minimum atomic E-state index is 0.00269. The summed E-state index contributed by atoms with van der Waals surface area (Å²) in [5, 5.41) is 11.5. The van der Waals surface area contributed by atoms with Gasteiger partial charge in [-0.15, -0.1) is 0 Å².